The van der Waals surface area contributed by atoms with E-state index in [0.29, 0.717) is 17.9 Å². The van der Waals surface area contributed by atoms with Gasteiger partial charge in [-0.15, -0.1) is 0 Å². The van der Waals surface area contributed by atoms with Gasteiger partial charge in [0.15, 0.2) is 0 Å². The van der Waals surface area contributed by atoms with Crippen LogP contribution in [0.2, 0.25) is 0 Å². The minimum atomic E-state index is -0.201. The number of carbonyl (C=O) groups is 3. The Hall–Kier alpha value is -3.19. The molecule has 0 unspecified atom stereocenters. The number of carbonyl (C=O) groups excluding carboxylic acids is 3. The second-order valence-electron chi connectivity index (χ2n) is 7.30. The topological polar surface area (TPSA) is 81.8 Å². The van der Waals surface area contributed by atoms with Crippen molar-refractivity contribution >= 4 is 34.8 Å². The maximum Gasteiger partial charge on any atom is 0.241 e. The largest absolute Gasteiger partial charge is 0.326 e. The summed E-state index contributed by atoms with van der Waals surface area (Å²) in [5.41, 5.74) is 2.14. The summed E-state index contributed by atoms with van der Waals surface area (Å²) in [6.07, 6.45) is 0. The Morgan fingerprint density at radius 2 is 1.43 bits per heavy atom. The monoisotopic (exact) mass is 410 g/mol. The van der Waals surface area contributed by atoms with E-state index in [1.54, 1.807) is 29.2 Å². The van der Waals surface area contributed by atoms with Crippen molar-refractivity contribution in [1.82, 2.24) is 4.90 Å². The summed E-state index contributed by atoms with van der Waals surface area (Å²) in [6, 6.07) is 16.4. The SMILES string of the molecule is CCN(CC(=O)Nc1ccc(NC(C)=O)cc1)CC(=O)N(c1ccccc1)C(C)C. The van der Waals surface area contributed by atoms with Crippen LogP contribution >= 0.6 is 0 Å². The second-order valence-corrected chi connectivity index (χ2v) is 7.30. The van der Waals surface area contributed by atoms with Crippen molar-refractivity contribution in [2.24, 2.45) is 0 Å². The van der Waals surface area contributed by atoms with Crippen LogP contribution in [0.4, 0.5) is 17.1 Å². The number of likely N-dealkylation sites (N-methyl/N-ethyl adjacent to an activating group) is 1. The lowest BCUT2D eigenvalue weighted by Gasteiger charge is -2.29. The maximum absolute atomic E-state index is 12.9. The summed E-state index contributed by atoms with van der Waals surface area (Å²) in [7, 11) is 0. The highest BCUT2D eigenvalue weighted by Gasteiger charge is 2.22. The predicted molar refractivity (Wildman–Crippen MR) is 121 cm³/mol. The van der Waals surface area contributed by atoms with Gasteiger partial charge in [-0.25, -0.2) is 0 Å². The zero-order valence-electron chi connectivity index (χ0n) is 18.0. The van der Waals surface area contributed by atoms with E-state index in [0.717, 1.165) is 5.69 Å². The average Bonchev–Trinajstić information content (AvgIpc) is 2.69. The molecule has 0 saturated heterocycles. The quantitative estimate of drug-likeness (QED) is 0.664. The van der Waals surface area contributed by atoms with E-state index in [1.807, 2.05) is 56.0 Å². The van der Waals surface area contributed by atoms with E-state index in [9.17, 15) is 14.4 Å². The lowest BCUT2D eigenvalue weighted by Crippen LogP contribution is -2.45. The molecule has 3 amide bonds. The van der Waals surface area contributed by atoms with Crippen LogP contribution in [0.1, 0.15) is 27.7 Å². The van der Waals surface area contributed by atoms with Crippen LogP contribution in [0.15, 0.2) is 54.6 Å². The van der Waals surface area contributed by atoms with Gasteiger partial charge in [0, 0.05) is 30.0 Å². The van der Waals surface area contributed by atoms with E-state index < -0.39 is 0 Å². The Labute approximate surface area is 178 Å². The van der Waals surface area contributed by atoms with E-state index in [-0.39, 0.29) is 36.9 Å². The molecular weight excluding hydrogens is 380 g/mol. The predicted octanol–water partition coefficient (Wildman–Crippen LogP) is 3.35. The number of para-hydroxylation sites is 1. The molecule has 0 atom stereocenters. The molecule has 0 aliphatic carbocycles. The van der Waals surface area contributed by atoms with Crippen LogP contribution in [0.5, 0.6) is 0 Å². The van der Waals surface area contributed by atoms with Gasteiger partial charge in [0.1, 0.15) is 0 Å². The van der Waals surface area contributed by atoms with Crippen molar-refractivity contribution in [2.45, 2.75) is 33.7 Å². The highest BCUT2D eigenvalue weighted by molar-refractivity contribution is 5.96. The zero-order valence-corrected chi connectivity index (χ0v) is 18.0. The fraction of sp³-hybridized carbons (Fsp3) is 0.348. The summed E-state index contributed by atoms with van der Waals surface area (Å²) in [5, 5.41) is 5.51. The van der Waals surface area contributed by atoms with Gasteiger partial charge in [-0.3, -0.25) is 19.3 Å². The normalized spacial score (nSPS) is 10.7. The zero-order chi connectivity index (χ0) is 22.1. The number of hydrogen-bond donors (Lipinski definition) is 2. The minimum absolute atomic E-state index is 0.00885. The molecule has 0 fully saturated rings. The van der Waals surface area contributed by atoms with Gasteiger partial charge in [0.25, 0.3) is 0 Å². The number of rotatable bonds is 9. The molecular formula is C23H30N4O3. The lowest BCUT2D eigenvalue weighted by molar-refractivity contribution is -0.121. The second kappa shape index (κ2) is 11.1. The first-order valence-electron chi connectivity index (χ1n) is 10.1. The number of nitrogens with zero attached hydrogens (tertiary/aromatic N) is 2. The van der Waals surface area contributed by atoms with Crippen LogP contribution in [0.3, 0.4) is 0 Å². The van der Waals surface area contributed by atoms with Gasteiger partial charge in [0.2, 0.25) is 17.7 Å². The highest BCUT2D eigenvalue weighted by atomic mass is 16.2. The van der Waals surface area contributed by atoms with Crippen molar-refractivity contribution in [3.63, 3.8) is 0 Å². The Kier molecular flexibility index (Phi) is 8.55. The minimum Gasteiger partial charge on any atom is -0.326 e. The average molecular weight is 411 g/mol. The van der Waals surface area contributed by atoms with Gasteiger partial charge >= 0.3 is 0 Å². The summed E-state index contributed by atoms with van der Waals surface area (Å²) < 4.78 is 0. The van der Waals surface area contributed by atoms with E-state index >= 15 is 0 Å². The van der Waals surface area contributed by atoms with Crippen molar-refractivity contribution in [1.29, 1.82) is 0 Å². The first-order valence-corrected chi connectivity index (χ1v) is 10.1. The third-order valence-corrected chi connectivity index (χ3v) is 4.48. The molecule has 2 aromatic rings. The van der Waals surface area contributed by atoms with Crippen LogP contribution in [0, 0.1) is 0 Å². The van der Waals surface area contributed by atoms with Gasteiger partial charge in [-0.1, -0.05) is 25.1 Å². The molecule has 0 spiro atoms. The molecule has 0 aromatic heterocycles. The molecule has 0 heterocycles. The van der Waals surface area contributed by atoms with Gasteiger partial charge < -0.3 is 15.5 Å². The molecule has 2 N–H and O–H groups in total. The number of benzene rings is 2. The highest BCUT2D eigenvalue weighted by Crippen LogP contribution is 2.17. The molecule has 2 rings (SSSR count). The Bertz CT molecular complexity index is 851. The third-order valence-electron chi connectivity index (χ3n) is 4.48. The molecule has 7 nitrogen and oxygen atoms in total. The fourth-order valence-electron chi connectivity index (χ4n) is 3.11. The molecule has 0 radical (unpaired) electrons. The van der Waals surface area contributed by atoms with Crippen molar-refractivity contribution in [3.8, 4) is 0 Å². The lowest BCUT2D eigenvalue weighted by atomic mass is 10.2. The first-order chi connectivity index (χ1) is 14.3. The summed E-state index contributed by atoms with van der Waals surface area (Å²) >= 11 is 0. The standard InChI is InChI=1S/C23H30N4O3/c1-5-26(16-23(30)27(17(2)3)21-9-7-6-8-10-21)15-22(29)25-20-13-11-19(12-14-20)24-18(4)28/h6-14,17H,5,15-16H2,1-4H3,(H,24,28)(H,25,29). The van der Waals surface area contributed by atoms with E-state index in [4.69, 9.17) is 0 Å². The Morgan fingerprint density at radius 3 is 1.93 bits per heavy atom. The Morgan fingerprint density at radius 1 is 0.867 bits per heavy atom. The summed E-state index contributed by atoms with van der Waals surface area (Å²) in [6.45, 7) is 8.13. The van der Waals surface area contributed by atoms with Gasteiger partial charge in [-0.05, 0) is 56.8 Å². The molecule has 0 aliphatic heterocycles. The van der Waals surface area contributed by atoms with Crippen molar-refractivity contribution < 1.29 is 14.4 Å². The van der Waals surface area contributed by atoms with Gasteiger partial charge in [-0.2, -0.15) is 0 Å². The van der Waals surface area contributed by atoms with E-state index in [2.05, 4.69) is 10.6 Å². The van der Waals surface area contributed by atoms with E-state index in [1.165, 1.54) is 6.92 Å². The van der Waals surface area contributed by atoms with Crippen LogP contribution in [0.25, 0.3) is 0 Å². The molecule has 2 aromatic carbocycles. The molecule has 160 valence electrons. The molecule has 0 bridgehead atoms. The third kappa shape index (κ3) is 7.00. The van der Waals surface area contributed by atoms with Crippen molar-refractivity contribution in [2.75, 3.05) is 35.2 Å². The molecule has 0 saturated carbocycles. The summed E-state index contributed by atoms with van der Waals surface area (Å²) in [4.78, 5) is 40.0. The Balaban J connectivity index is 1.96. The number of amides is 3. The first kappa shape index (κ1) is 23.1. The molecule has 0 aliphatic rings. The molecule has 30 heavy (non-hydrogen) atoms. The maximum atomic E-state index is 12.9. The number of nitrogens with one attached hydrogen (secondary N) is 2. The molecule has 7 heteroatoms. The van der Waals surface area contributed by atoms with Crippen LogP contribution < -0.4 is 15.5 Å². The summed E-state index contributed by atoms with van der Waals surface area (Å²) in [5.74, 6) is -0.403. The van der Waals surface area contributed by atoms with Gasteiger partial charge in [0.05, 0.1) is 13.1 Å². The number of hydrogen-bond acceptors (Lipinski definition) is 4. The smallest absolute Gasteiger partial charge is 0.241 e. The van der Waals surface area contributed by atoms with Crippen LogP contribution in [-0.2, 0) is 14.4 Å². The number of anilines is 3. The van der Waals surface area contributed by atoms with Crippen molar-refractivity contribution in [3.05, 3.63) is 54.6 Å². The fourth-order valence-corrected chi connectivity index (χ4v) is 3.11. The van der Waals surface area contributed by atoms with Crippen LogP contribution in [-0.4, -0.2) is 48.3 Å².